The van der Waals surface area contributed by atoms with Crippen molar-refractivity contribution in [2.75, 3.05) is 6.54 Å². The lowest BCUT2D eigenvalue weighted by Gasteiger charge is -2.29. The van der Waals surface area contributed by atoms with Crippen LogP contribution in [0.2, 0.25) is 0 Å². The molecule has 1 atom stereocenters. The van der Waals surface area contributed by atoms with Crippen molar-refractivity contribution in [3.8, 4) is 16.9 Å². The Kier molecular flexibility index (Phi) is 6.78. The Hall–Kier alpha value is -3.60. The van der Waals surface area contributed by atoms with Gasteiger partial charge in [-0.2, -0.15) is 0 Å². The van der Waals surface area contributed by atoms with Gasteiger partial charge in [-0.3, -0.25) is 9.59 Å². The quantitative estimate of drug-likeness (QED) is 0.570. The SMILES string of the molecule is Cc1cc(-c2ccc(C(C)NC(=O)CCC(=O)N3CCc4ccccc4C3)cc2)ccc1O. The molecule has 0 aliphatic carbocycles. The molecule has 0 aromatic heterocycles. The highest BCUT2D eigenvalue weighted by atomic mass is 16.3. The monoisotopic (exact) mass is 442 g/mol. The van der Waals surface area contributed by atoms with Gasteiger partial charge < -0.3 is 15.3 Å². The highest BCUT2D eigenvalue weighted by Crippen LogP contribution is 2.26. The van der Waals surface area contributed by atoms with Crippen LogP contribution in [0.25, 0.3) is 11.1 Å². The first kappa shape index (κ1) is 22.6. The van der Waals surface area contributed by atoms with E-state index >= 15 is 0 Å². The molecule has 3 aromatic rings. The van der Waals surface area contributed by atoms with Crippen LogP contribution in [-0.4, -0.2) is 28.4 Å². The zero-order chi connectivity index (χ0) is 23.4. The van der Waals surface area contributed by atoms with Gasteiger partial charge in [0.1, 0.15) is 5.75 Å². The molecule has 5 nitrogen and oxygen atoms in total. The molecular weight excluding hydrogens is 412 g/mol. The van der Waals surface area contributed by atoms with Gasteiger partial charge in [0.05, 0.1) is 6.04 Å². The minimum atomic E-state index is -0.148. The molecule has 0 radical (unpaired) electrons. The summed E-state index contributed by atoms with van der Waals surface area (Å²) in [7, 11) is 0. The van der Waals surface area contributed by atoms with Crippen LogP contribution in [0.3, 0.4) is 0 Å². The fraction of sp³-hybridized carbons (Fsp3) is 0.286. The van der Waals surface area contributed by atoms with E-state index in [-0.39, 0.29) is 36.4 Å². The van der Waals surface area contributed by atoms with Gasteiger partial charge in [-0.1, -0.05) is 54.6 Å². The molecule has 2 amide bonds. The molecule has 0 saturated carbocycles. The van der Waals surface area contributed by atoms with E-state index in [0.717, 1.165) is 28.7 Å². The van der Waals surface area contributed by atoms with Crippen molar-refractivity contribution in [3.63, 3.8) is 0 Å². The number of nitrogens with zero attached hydrogens (tertiary/aromatic N) is 1. The normalized spacial score (nSPS) is 13.8. The largest absolute Gasteiger partial charge is 0.508 e. The lowest BCUT2D eigenvalue weighted by molar-refractivity contribution is -0.134. The van der Waals surface area contributed by atoms with Gasteiger partial charge in [-0.25, -0.2) is 0 Å². The van der Waals surface area contributed by atoms with E-state index in [1.54, 1.807) is 6.07 Å². The van der Waals surface area contributed by atoms with E-state index < -0.39 is 0 Å². The molecule has 0 bridgehead atoms. The van der Waals surface area contributed by atoms with Gasteiger partial charge in [0, 0.05) is 25.9 Å². The van der Waals surface area contributed by atoms with E-state index in [1.807, 2.05) is 67.3 Å². The van der Waals surface area contributed by atoms with Gasteiger partial charge in [0.15, 0.2) is 0 Å². The summed E-state index contributed by atoms with van der Waals surface area (Å²) < 4.78 is 0. The number of carbonyl (C=O) groups excluding carboxylic acids is 2. The molecule has 3 aromatic carbocycles. The van der Waals surface area contributed by atoms with Crippen LogP contribution < -0.4 is 5.32 Å². The molecular formula is C28H30N2O3. The summed E-state index contributed by atoms with van der Waals surface area (Å²) in [5, 5.41) is 12.7. The lowest BCUT2D eigenvalue weighted by atomic mass is 9.99. The Labute approximate surface area is 195 Å². The first-order valence-corrected chi connectivity index (χ1v) is 11.4. The molecule has 0 saturated heterocycles. The second kappa shape index (κ2) is 9.90. The van der Waals surface area contributed by atoms with Crippen LogP contribution in [-0.2, 0) is 22.6 Å². The molecule has 1 unspecified atom stereocenters. The van der Waals surface area contributed by atoms with E-state index in [1.165, 1.54) is 11.1 Å². The smallest absolute Gasteiger partial charge is 0.223 e. The molecule has 0 fully saturated rings. The maximum Gasteiger partial charge on any atom is 0.223 e. The number of benzene rings is 3. The number of phenols is 1. The number of nitrogens with one attached hydrogen (secondary N) is 1. The van der Waals surface area contributed by atoms with Crippen LogP contribution in [0, 0.1) is 6.92 Å². The fourth-order valence-electron chi connectivity index (χ4n) is 4.28. The summed E-state index contributed by atoms with van der Waals surface area (Å²) in [6.45, 7) is 5.15. The van der Waals surface area contributed by atoms with Crippen LogP contribution >= 0.6 is 0 Å². The van der Waals surface area contributed by atoms with Crippen LogP contribution in [0.1, 0.15) is 48.1 Å². The van der Waals surface area contributed by atoms with Crippen molar-refractivity contribution in [2.45, 2.75) is 45.7 Å². The minimum Gasteiger partial charge on any atom is -0.508 e. The Balaban J connectivity index is 1.28. The number of amides is 2. The number of fused-ring (bicyclic) bond motifs is 1. The number of hydrogen-bond donors (Lipinski definition) is 2. The molecule has 170 valence electrons. The summed E-state index contributed by atoms with van der Waals surface area (Å²) in [6, 6.07) is 21.6. The summed E-state index contributed by atoms with van der Waals surface area (Å²) in [6.07, 6.45) is 1.27. The van der Waals surface area contributed by atoms with Crippen molar-refractivity contribution >= 4 is 11.8 Å². The minimum absolute atomic E-state index is 0.0286. The average Bonchev–Trinajstić information content (AvgIpc) is 2.84. The van der Waals surface area contributed by atoms with E-state index in [4.69, 9.17) is 0 Å². The van der Waals surface area contributed by atoms with Gasteiger partial charge in [0.2, 0.25) is 11.8 Å². The predicted molar refractivity (Wildman–Crippen MR) is 130 cm³/mol. The number of hydrogen-bond acceptors (Lipinski definition) is 3. The van der Waals surface area contributed by atoms with Crippen molar-refractivity contribution < 1.29 is 14.7 Å². The molecule has 4 rings (SSSR count). The van der Waals surface area contributed by atoms with E-state index in [2.05, 4.69) is 17.4 Å². The van der Waals surface area contributed by atoms with E-state index in [9.17, 15) is 14.7 Å². The van der Waals surface area contributed by atoms with Gasteiger partial charge in [-0.15, -0.1) is 0 Å². The second-order valence-corrected chi connectivity index (χ2v) is 8.75. The molecule has 1 aliphatic heterocycles. The van der Waals surface area contributed by atoms with Gasteiger partial charge in [0.25, 0.3) is 0 Å². The van der Waals surface area contributed by atoms with Gasteiger partial charge >= 0.3 is 0 Å². The second-order valence-electron chi connectivity index (χ2n) is 8.75. The number of phenolic OH excluding ortho intramolecular Hbond substituents is 1. The molecule has 1 aliphatic rings. The molecule has 5 heteroatoms. The third-order valence-electron chi connectivity index (χ3n) is 6.37. The van der Waals surface area contributed by atoms with Crippen molar-refractivity contribution in [1.82, 2.24) is 10.2 Å². The van der Waals surface area contributed by atoms with Crippen LogP contribution in [0.5, 0.6) is 5.75 Å². The number of aromatic hydroxyl groups is 1. The zero-order valence-electron chi connectivity index (χ0n) is 19.2. The van der Waals surface area contributed by atoms with Gasteiger partial charge in [-0.05, 0) is 65.8 Å². The first-order valence-electron chi connectivity index (χ1n) is 11.4. The highest BCUT2D eigenvalue weighted by molar-refractivity contribution is 5.84. The Morgan fingerprint density at radius 2 is 1.67 bits per heavy atom. The topological polar surface area (TPSA) is 69.6 Å². The third kappa shape index (κ3) is 5.43. The molecule has 33 heavy (non-hydrogen) atoms. The van der Waals surface area contributed by atoms with E-state index in [0.29, 0.717) is 13.1 Å². The number of aryl methyl sites for hydroxylation is 1. The first-order chi connectivity index (χ1) is 15.9. The summed E-state index contributed by atoms with van der Waals surface area (Å²) in [5.41, 5.74) is 6.42. The predicted octanol–water partition coefficient (Wildman–Crippen LogP) is 4.91. The lowest BCUT2D eigenvalue weighted by Crippen LogP contribution is -2.36. The van der Waals surface area contributed by atoms with Crippen molar-refractivity contribution in [2.24, 2.45) is 0 Å². The molecule has 2 N–H and O–H groups in total. The number of rotatable bonds is 6. The van der Waals surface area contributed by atoms with Crippen LogP contribution in [0.4, 0.5) is 0 Å². The molecule has 0 spiro atoms. The fourth-order valence-corrected chi connectivity index (χ4v) is 4.28. The maximum absolute atomic E-state index is 12.6. The summed E-state index contributed by atoms with van der Waals surface area (Å²) in [5.74, 6) is 0.197. The summed E-state index contributed by atoms with van der Waals surface area (Å²) in [4.78, 5) is 26.9. The number of carbonyl (C=O) groups is 2. The third-order valence-corrected chi connectivity index (χ3v) is 6.37. The Morgan fingerprint density at radius 3 is 2.39 bits per heavy atom. The van der Waals surface area contributed by atoms with Crippen LogP contribution in [0.15, 0.2) is 66.7 Å². The highest BCUT2D eigenvalue weighted by Gasteiger charge is 2.21. The molecule has 1 heterocycles. The maximum atomic E-state index is 12.6. The standard InChI is InChI=1S/C28H30N2O3/c1-19-17-24(11-12-26(19)31)23-9-7-21(8-10-23)20(2)29-27(32)13-14-28(33)30-16-15-22-5-3-4-6-25(22)18-30/h3-12,17,20,31H,13-16,18H2,1-2H3,(H,29,32). The summed E-state index contributed by atoms with van der Waals surface area (Å²) >= 11 is 0. The Bertz CT molecular complexity index is 1150. The average molecular weight is 443 g/mol. The zero-order valence-corrected chi connectivity index (χ0v) is 19.2. The Morgan fingerprint density at radius 1 is 0.970 bits per heavy atom. The van der Waals surface area contributed by atoms with Crippen molar-refractivity contribution in [3.05, 3.63) is 89.0 Å². The van der Waals surface area contributed by atoms with Crippen molar-refractivity contribution in [1.29, 1.82) is 0 Å².